The monoisotopic (exact) mass is 477 g/mol. The molecule has 2 aromatic carbocycles. The first-order chi connectivity index (χ1) is 15.2. The van der Waals surface area contributed by atoms with Crippen LogP contribution in [0.3, 0.4) is 0 Å². The standard InChI is InChI=1S/C24H32FN3O4S/c1-17-11-7-10-14-21(17)28(33(6,31)32)16-22(29)27(15-19-12-8-9-13-20(19)25)18(2)23(30)26-24(3,4)5/h7-14,18H,15-16H2,1-6H3,(H,26,30)/t18-/m1/s1. The van der Waals surface area contributed by atoms with Crippen LogP contribution in [-0.2, 0) is 26.2 Å². The third kappa shape index (κ3) is 7.28. The molecule has 0 aromatic heterocycles. The minimum absolute atomic E-state index is 0.185. The summed E-state index contributed by atoms with van der Waals surface area (Å²) in [4.78, 5) is 27.5. The Balaban J connectivity index is 2.43. The maximum absolute atomic E-state index is 14.4. The number of aryl methyl sites for hydroxylation is 1. The lowest BCUT2D eigenvalue weighted by molar-refractivity contribution is -0.140. The number of anilines is 1. The van der Waals surface area contributed by atoms with Gasteiger partial charge in [0.25, 0.3) is 0 Å². The Morgan fingerprint density at radius 1 is 1.06 bits per heavy atom. The molecule has 0 saturated heterocycles. The van der Waals surface area contributed by atoms with Crippen LogP contribution in [0.4, 0.5) is 10.1 Å². The Labute approximate surface area is 195 Å². The number of amides is 2. The number of carbonyl (C=O) groups is 2. The number of carbonyl (C=O) groups excluding carboxylic acids is 2. The van der Waals surface area contributed by atoms with Crippen molar-refractivity contribution in [3.63, 3.8) is 0 Å². The highest BCUT2D eigenvalue weighted by molar-refractivity contribution is 7.92. The van der Waals surface area contributed by atoms with Crippen LogP contribution < -0.4 is 9.62 Å². The molecule has 180 valence electrons. The average molecular weight is 478 g/mol. The van der Waals surface area contributed by atoms with E-state index in [1.54, 1.807) is 44.2 Å². The average Bonchev–Trinajstić information content (AvgIpc) is 2.69. The lowest BCUT2D eigenvalue weighted by Crippen LogP contribution is -2.54. The summed E-state index contributed by atoms with van der Waals surface area (Å²) in [6, 6.07) is 11.8. The van der Waals surface area contributed by atoms with E-state index >= 15 is 0 Å². The summed E-state index contributed by atoms with van der Waals surface area (Å²) in [6.45, 7) is 8.01. The van der Waals surface area contributed by atoms with Crippen LogP contribution in [-0.4, -0.2) is 49.5 Å². The van der Waals surface area contributed by atoms with E-state index in [1.165, 1.54) is 23.1 Å². The number of rotatable bonds is 8. The minimum atomic E-state index is -3.81. The minimum Gasteiger partial charge on any atom is -0.350 e. The van der Waals surface area contributed by atoms with Gasteiger partial charge >= 0.3 is 0 Å². The van der Waals surface area contributed by atoms with Crippen molar-refractivity contribution in [1.29, 1.82) is 0 Å². The van der Waals surface area contributed by atoms with E-state index in [1.807, 2.05) is 20.8 Å². The molecule has 0 aliphatic rings. The fourth-order valence-electron chi connectivity index (χ4n) is 3.30. The number of halogens is 1. The molecule has 33 heavy (non-hydrogen) atoms. The molecule has 0 spiro atoms. The van der Waals surface area contributed by atoms with E-state index < -0.39 is 45.8 Å². The van der Waals surface area contributed by atoms with Gasteiger partial charge < -0.3 is 10.2 Å². The first kappa shape index (κ1) is 26.3. The van der Waals surface area contributed by atoms with Gasteiger partial charge in [-0.2, -0.15) is 0 Å². The largest absolute Gasteiger partial charge is 0.350 e. The summed E-state index contributed by atoms with van der Waals surface area (Å²) >= 11 is 0. The van der Waals surface area contributed by atoms with Gasteiger partial charge in [0.15, 0.2) is 0 Å². The maximum Gasteiger partial charge on any atom is 0.244 e. The van der Waals surface area contributed by atoms with Crippen molar-refractivity contribution in [1.82, 2.24) is 10.2 Å². The highest BCUT2D eigenvalue weighted by atomic mass is 32.2. The Hall–Kier alpha value is -2.94. The third-order valence-corrected chi connectivity index (χ3v) is 6.15. The second kappa shape index (κ2) is 10.3. The maximum atomic E-state index is 14.4. The van der Waals surface area contributed by atoms with Crippen molar-refractivity contribution in [3.05, 3.63) is 65.5 Å². The molecule has 0 aliphatic heterocycles. The Bertz CT molecular complexity index is 1110. The number of hydrogen-bond donors (Lipinski definition) is 1. The van der Waals surface area contributed by atoms with Crippen LogP contribution in [0.2, 0.25) is 0 Å². The zero-order valence-corrected chi connectivity index (χ0v) is 20.7. The molecule has 0 saturated carbocycles. The van der Waals surface area contributed by atoms with Gasteiger partial charge in [0, 0.05) is 17.6 Å². The predicted molar refractivity (Wildman–Crippen MR) is 128 cm³/mol. The van der Waals surface area contributed by atoms with Crippen LogP contribution in [0.1, 0.15) is 38.8 Å². The molecule has 0 bridgehead atoms. The van der Waals surface area contributed by atoms with Gasteiger partial charge in [0.2, 0.25) is 21.8 Å². The van der Waals surface area contributed by atoms with Crippen molar-refractivity contribution in [2.45, 2.75) is 52.7 Å². The van der Waals surface area contributed by atoms with Crippen LogP contribution >= 0.6 is 0 Å². The van der Waals surface area contributed by atoms with E-state index in [-0.39, 0.29) is 12.1 Å². The lowest BCUT2D eigenvalue weighted by atomic mass is 10.1. The number of nitrogens with one attached hydrogen (secondary N) is 1. The van der Waals surface area contributed by atoms with Crippen molar-refractivity contribution >= 4 is 27.5 Å². The number of benzene rings is 2. The molecule has 9 heteroatoms. The van der Waals surface area contributed by atoms with Crippen molar-refractivity contribution in [3.8, 4) is 0 Å². The number of sulfonamides is 1. The Morgan fingerprint density at radius 3 is 2.18 bits per heavy atom. The van der Waals surface area contributed by atoms with Crippen molar-refractivity contribution in [2.24, 2.45) is 0 Å². The number of para-hydroxylation sites is 1. The van der Waals surface area contributed by atoms with E-state index in [0.29, 0.717) is 11.3 Å². The Morgan fingerprint density at radius 2 is 1.64 bits per heavy atom. The van der Waals surface area contributed by atoms with Gasteiger partial charge in [-0.3, -0.25) is 13.9 Å². The summed E-state index contributed by atoms with van der Waals surface area (Å²) in [5.41, 5.74) is 0.724. The van der Waals surface area contributed by atoms with Crippen molar-refractivity contribution < 1.29 is 22.4 Å². The lowest BCUT2D eigenvalue weighted by Gasteiger charge is -2.33. The fourth-order valence-corrected chi connectivity index (χ4v) is 4.21. The molecule has 2 aromatic rings. The van der Waals surface area contributed by atoms with Gasteiger partial charge in [-0.15, -0.1) is 0 Å². The predicted octanol–water partition coefficient (Wildman–Crippen LogP) is 3.23. The molecule has 2 amide bonds. The molecule has 0 heterocycles. The smallest absolute Gasteiger partial charge is 0.244 e. The van der Waals surface area contributed by atoms with Crippen LogP contribution in [0.5, 0.6) is 0 Å². The Kier molecular flexibility index (Phi) is 8.24. The van der Waals surface area contributed by atoms with Gasteiger partial charge in [-0.05, 0) is 52.3 Å². The molecule has 0 aliphatic carbocycles. The van der Waals surface area contributed by atoms with Crippen LogP contribution in [0, 0.1) is 12.7 Å². The van der Waals surface area contributed by atoms with E-state index in [0.717, 1.165) is 10.6 Å². The number of nitrogens with zero attached hydrogens (tertiary/aromatic N) is 2. The van der Waals surface area contributed by atoms with E-state index in [2.05, 4.69) is 5.32 Å². The highest BCUT2D eigenvalue weighted by Crippen LogP contribution is 2.23. The third-order valence-electron chi connectivity index (χ3n) is 5.03. The quantitative estimate of drug-likeness (QED) is 0.633. The topological polar surface area (TPSA) is 86.8 Å². The molecule has 2 rings (SSSR count). The summed E-state index contributed by atoms with van der Waals surface area (Å²) in [7, 11) is -3.81. The summed E-state index contributed by atoms with van der Waals surface area (Å²) < 4.78 is 40.5. The summed E-state index contributed by atoms with van der Waals surface area (Å²) in [6.07, 6.45) is 1.02. The molecule has 1 atom stereocenters. The molecule has 0 fully saturated rings. The first-order valence-electron chi connectivity index (χ1n) is 10.6. The summed E-state index contributed by atoms with van der Waals surface area (Å²) in [5.74, 6) is -1.56. The molecular weight excluding hydrogens is 445 g/mol. The van der Waals surface area contributed by atoms with Crippen LogP contribution in [0.25, 0.3) is 0 Å². The highest BCUT2D eigenvalue weighted by Gasteiger charge is 2.32. The summed E-state index contributed by atoms with van der Waals surface area (Å²) in [5, 5.41) is 2.82. The first-order valence-corrected chi connectivity index (χ1v) is 12.4. The van der Waals surface area contributed by atoms with E-state index in [9.17, 15) is 22.4 Å². The van der Waals surface area contributed by atoms with Gasteiger partial charge in [0.1, 0.15) is 18.4 Å². The molecule has 1 N–H and O–H groups in total. The molecule has 0 unspecified atom stereocenters. The SMILES string of the molecule is Cc1ccccc1N(CC(=O)N(Cc1ccccc1F)[C@H](C)C(=O)NC(C)(C)C)S(C)(=O)=O. The molecule has 0 radical (unpaired) electrons. The normalized spacial score (nSPS) is 12.7. The fraction of sp³-hybridized carbons (Fsp3) is 0.417. The number of hydrogen-bond acceptors (Lipinski definition) is 4. The zero-order valence-electron chi connectivity index (χ0n) is 19.9. The van der Waals surface area contributed by atoms with Gasteiger partial charge in [0.05, 0.1) is 11.9 Å². The van der Waals surface area contributed by atoms with Crippen molar-refractivity contribution in [2.75, 3.05) is 17.1 Å². The second-order valence-electron chi connectivity index (χ2n) is 9.08. The van der Waals surface area contributed by atoms with Crippen LogP contribution in [0.15, 0.2) is 48.5 Å². The van der Waals surface area contributed by atoms with Gasteiger partial charge in [-0.25, -0.2) is 12.8 Å². The van der Waals surface area contributed by atoms with E-state index in [4.69, 9.17) is 0 Å². The molecular formula is C24H32FN3O4S. The zero-order chi connectivity index (χ0) is 25.0. The molecule has 7 nitrogen and oxygen atoms in total. The second-order valence-corrected chi connectivity index (χ2v) is 11.0. The van der Waals surface area contributed by atoms with Gasteiger partial charge in [-0.1, -0.05) is 36.4 Å².